The monoisotopic (exact) mass is 230 g/mol. The number of carbonyl (C=O) groups is 2. The van der Waals surface area contributed by atoms with Gasteiger partial charge in [-0.25, -0.2) is 4.79 Å². The molecule has 17 heavy (non-hydrogen) atoms. The van der Waals surface area contributed by atoms with Crippen molar-refractivity contribution in [2.24, 2.45) is 0 Å². The lowest BCUT2D eigenvalue weighted by atomic mass is 9.99. The summed E-state index contributed by atoms with van der Waals surface area (Å²) in [5.41, 5.74) is 1.45. The molecule has 1 aromatic carbocycles. The van der Waals surface area contributed by atoms with Crippen molar-refractivity contribution in [3.63, 3.8) is 0 Å². The minimum atomic E-state index is -0.343. The molecule has 0 amide bonds. The van der Waals surface area contributed by atoms with Gasteiger partial charge in [0.1, 0.15) is 6.61 Å². The van der Waals surface area contributed by atoms with Crippen LogP contribution in [0.25, 0.3) is 0 Å². The van der Waals surface area contributed by atoms with Crippen molar-refractivity contribution in [2.45, 2.75) is 19.3 Å². The quantitative estimate of drug-likeness (QED) is 0.749. The van der Waals surface area contributed by atoms with E-state index in [0.29, 0.717) is 12.0 Å². The smallest absolute Gasteiger partial charge is 0.338 e. The molecule has 0 radical (unpaired) electrons. The fourth-order valence-electron chi connectivity index (χ4n) is 1.79. The van der Waals surface area contributed by atoms with Gasteiger partial charge in [-0.1, -0.05) is 18.2 Å². The van der Waals surface area contributed by atoms with E-state index in [9.17, 15) is 9.59 Å². The molecule has 1 aromatic rings. The van der Waals surface area contributed by atoms with Gasteiger partial charge >= 0.3 is 5.97 Å². The number of allylic oxidation sites excluding steroid dienone is 1. The second-order valence-corrected chi connectivity index (χ2v) is 4.06. The average molecular weight is 230 g/mol. The Labute approximate surface area is 100 Å². The first kappa shape index (κ1) is 11.6. The van der Waals surface area contributed by atoms with Gasteiger partial charge in [0, 0.05) is 6.42 Å². The summed E-state index contributed by atoms with van der Waals surface area (Å²) < 4.78 is 5.16. The second kappa shape index (κ2) is 5.43. The van der Waals surface area contributed by atoms with Crippen LogP contribution in [-0.4, -0.2) is 18.4 Å². The number of hydrogen-bond donors (Lipinski definition) is 0. The van der Waals surface area contributed by atoms with Crippen molar-refractivity contribution in [1.82, 2.24) is 0 Å². The molecule has 0 N–H and O–H groups in total. The lowest BCUT2D eigenvalue weighted by Gasteiger charge is -2.12. The van der Waals surface area contributed by atoms with Crippen molar-refractivity contribution in [3.8, 4) is 0 Å². The highest BCUT2D eigenvalue weighted by Crippen LogP contribution is 2.15. The van der Waals surface area contributed by atoms with Crippen LogP contribution in [0.3, 0.4) is 0 Å². The summed E-state index contributed by atoms with van der Waals surface area (Å²) in [4.78, 5) is 22.8. The molecule has 2 rings (SSSR count). The summed E-state index contributed by atoms with van der Waals surface area (Å²) in [5.74, 6) is -0.216. The largest absolute Gasteiger partial charge is 0.458 e. The molecular weight excluding hydrogens is 216 g/mol. The van der Waals surface area contributed by atoms with E-state index in [1.54, 1.807) is 30.3 Å². The molecule has 0 heterocycles. The first-order valence-electron chi connectivity index (χ1n) is 5.70. The molecule has 0 spiro atoms. The highest BCUT2D eigenvalue weighted by Gasteiger charge is 2.12. The van der Waals surface area contributed by atoms with Gasteiger partial charge < -0.3 is 4.74 Å². The molecule has 0 aliphatic heterocycles. The molecule has 1 aliphatic carbocycles. The van der Waals surface area contributed by atoms with E-state index in [2.05, 4.69) is 0 Å². The molecule has 0 aromatic heterocycles. The zero-order valence-electron chi connectivity index (χ0n) is 9.52. The molecule has 1 aliphatic rings. The molecule has 0 saturated carbocycles. The average Bonchev–Trinajstić information content (AvgIpc) is 2.37. The van der Waals surface area contributed by atoms with Gasteiger partial charge in [-0.2, -0.15) is 0 Å². The zero-order valence-corrected chi connectivity index (χ0v) is 9.52. The van der Waals surface area contributed by atoms with Gasteiger partial charge in [0.15, 0.2) is 5.78 Å². The molecule has 88 valence electrons. The first-order valence-corrected chi connectivity index (χ1v) is 5.70. The van der Waals surface area contributed by atoms with Gasteiger partial charge in [-0.05, 0) is 36.6 Å². The fourth-order valence-corrected chi connectivity index (χ4v) is 1.79. The maximum absolute atomic E-state index is 11.6. The Morgan fingerprint density at radius 2 is 1.94 bits per heavy atom. The van der Waals surface area contributed by atoms with Crippen LogP contribution in [0.15, 0.2) is 42.0 Å². The Bertz CT molecular complexity index is 446. The first-order chi connectivity index (χ1) is 8.25. The maximum atomic E-state index is 11.6. The third kappa shape index (κ3) is 3.28. The minimum Gasteiger partial charge on any atom is -0.458 e. The summed E-state index contributed by atoms with van der Waals surface area (Å²) in [7, 11) is 0. The minimum absolute atomic E-state index is 0.127. The third-order valence-electron chi connectivity index (χ3n) is 2.68. The highest BCUT2D eigenvalue weighted by atomic mass is 16.5. The molecule has 0 unspecified atom stereocenters. The number of rotatable bonds is 3. The van der Waals surface area contributed by atoms with Crippen molar-refractivity contribution in [3.05, 3.63) is 47.5 Å². The van der Waals surface area contributed by atoms with Crippen LogP contribution >= 0.6 is 0 Å². The number of ether oxygens (including phenoxy) is 1. The van der Waals surface area contributed by atoms with Crippen LogP contribution in [0.4, 0.5) is 0 Å². The van der Waals surface area contributed by atoms with Crippen molar-refractivity contribution in [1.29, 1.82) is 0 Å². The summed E-state index contributed by atoms with van der Waals surface area (Å²) in [6.07, 6.45) is 3.90. The zero-order chi connectivity index (χ0) is 12.1. The fraction of sp³-hybridized carbons (Fsp3) is 0.286. The Balaban J connectivity index is 1.91. The van der Waals surface area contributed by atoms with Crippen molar-refractivity contribution < 1.29 is 14.3 Å². The van der Waals surface area contributed by atoms with E-state index in [0.717, 1.165) is 18.4 Å². The number of benzene rings is 1. The van der Waals surface area contributed by atoms with E-state index in [4.69, 9.17) is 4.74 Å². The van der Waals surface area contributed by atoms with Crippen molar-refractivity contribution >= 4 is 11.8 Å². The second-order valence-electron chi connectivity index (χ2n) is 4.06. The van der Waals surface area contributed by atoms with Crippen LogP contribution < -0.4 is 0 Å². The van der Waals surface area contributed by atoms with Crippen LogP contribution in [0.2, 0.25) is 0 Å². The van der Waals surface area contributed by atoms with Crippen LogP contribution in [0, 0.1) is 0 Å². The van der Waals surface area contributed by atoms with Crippen LogP contribution in [-0.2, 0) is 9.53 Å². The maximum Gasteiger partial charge on any atom is 0.338 e. The number of esters is 1. The topological polar surface area (TPSA) is 43.4 Å². The third-order valence-corrected chi connectivity index (χ3v) is 2.68. The molecular formula is C14H14O3. The lowest BCUT2D eigenvalue weighted by Crippen LogP contribution is -2.11. The van der Waals surface area contributed by atoms with E-state index >= 15 is 0 Å². The molecule has 3 nitrogen and oxygen atoms in total. The van der Waals surface area contributed by atoms with Gasteiger partial charge in [0.05, 0.1) is 5.56 Å². The lowest BCUT2D eigenvalue weighted by molar-refractivity contribution is -0.115. The Kier molecular flexibility index (Phi) is 3.70. The Morgan fingerprint density at radius 1 is 1.18 bits per heavy atom. The summed E-state index contributed by atoms with van der Waals surface area (Å²) in [6.45, 7) is 0.222. The highest BCUT2D eigenvalue weighted by molar-refractivity contribution is 5.91. The molecule has 0 bridgehead atoms. The van der Waals surface area contributed by atoms with Gasteiger partial charge in [0.25, 0.3) is 0 Å². The van der Waals surface area contributed by atoms with Gasteiger partial charge in [-0.15, -0.1) is 0 Å². The summed E-state index contributed by atoms with van der Waals surface area (Å²) >= 11 is 0. The molecule has 0 saturated heterocycles. The van der Waals surface area contributed by atoms with E-state index in [-0.39, 0.29) is 18.4 Å². The Morgan fingerprint density at radius 3 is 2.65 bits per heavy atom. The SMILES string of the molecule is O=C1C=C(COC(=O)c2ccccc2)CCC1. The normalized spacial score (nSPS) is 15.3. The number of hydrogen-bond acceptors (Lipinski definition) is 3. The van der Waals surface area contributed by atoms with E-state index < -0.39 is 0 Å². The number of carbonyl (C=O) groups excluding carboxylic acids is 2. The van der Waals surface area contributed by atoms with Crippen LogP contribution in [0.5, 0.6) is 0 Å². The number of ketones is 1. The van der Waals surface area contributed by atoms with Gasteiger partial charge in [0.2, 0.25) is 0 Å². The van der Waals surface area contributed by atoms with E-state index in [1.165, 1.54) is 0 Å². The van der Waals surface area contributed by atoms with Crippen molar-refractivity contribution in [2.75, 3.05) is 6.61 Å². The van der Waals surface area contributed by atoms with Crippen LogP contribution in [0.1, 0.15) is 29.6 Å². The van der Waals surface area contributed by atoms with E-state index in [1.807, 2.05) is 6.07 Å². The predicted molar refractivity (Wildman–Crippen MR) is 63.7 cm³/mol. The molecule has 3 heteroatoms. The summed E-state index contributed by atoms with van der Waals surface area (Å²) in [6, 6.07) is 8.85. The summed E-state index contributed by atoms with van der Waals surface area (Å²) in [5, 5.41) is 0. The Hall–Kier alpha value is -1.90. The standard InChI is InChI=1S/C14H14O3/c15-13-8-4-5-11(9-13)10-17-14(16)12-6-2-1-3-7-12/h1-3,6-7,9H,4-5,8,10H2. The predicted octanol–water partition coefficient (Wildman–Crippen LogP) is 2.52. The molecule has 0 atom stereocenters. The molecule has 0 fully saturated rings. The van der Waals surface area contributed by atoms with Gasteiger partial charge in [-0.3, -0.25) is 4.79 Å².